The molecule has 0 aromatic heterocycles. The molecule has 2 aliphatic carbocycles. The van der Waals surface area contributed by atoms with Crippen LogP contribution in [0.4, 0.5) is 0 Å². The number of hydrogen-bond acceptors (Lipinski definition) is 1. The summed E-state index contributed by atoms with van der Waals surface area (Å²) < 4.78 is 0. The van der Waals surface area contributed by atoms with Gasteiger partial charge in [0.15, 0.2) is 0 Å². The first-order valence-electron chi connectivity index (χ1n) is 6.01. The summed E-state index contributed by atoms with van der Waals surface area (Å²) in [7, 11) is 0. The number of rotatable bonds is 0. The molecule has 0 saturated carbocycles. The normalized spacial score (nSPS) is 23.9. The molecule has 17 heavy (non-hydrogen) atoms. The summed E-state index contributed by atoms with van der Waals surface area (Å²) in [4.78, 5) is 0. The van der Waals surface area contributed by atoms with Gasteiger partial charge in [-0.1, -0.05) is 30.4 Å². The van der Waals surface area contributed by atoms with E-state index in [1.54, 1.807) is 0 Å². The molecule has 0 aliphatic heterocycles. The topological polar surface area (TPSA) is 23.8 Å². The Hall–Kier alpha value is -2.07. The molecule has 2 aliphatic rings. The van der Waals surface area contributed by atoms with Crippen molar-refractivity contribution in [2.45, 2.75) is 18.3 Å². The van der Waals surface area contributed by atoms with Gasteiger partial charge < -0.3 is 0 Å². The van der Waals surface area contributed by atoms with Gasteiger partial charge in [0, 0.05) is 11.8 Å². The predicted molar refractivity (Wildman–Crippen MR) is 67.9 cm³/mol. The van der Waals surface area contributed by atoms with Crippen LogP contribution in [-0.2, 0) is 0 Å². The van der Waals surface area contributed by atoms with Crippen molar-refractivity contribution >= 4 is 10.8 Å². The highest BCUT2D eigenvalue weighted by atomic mass is 14.4. The van der Waals surface area contributed by atoms with Crippen LogP contribution in [0.15, 0.2) is 42.5 Å². The number of fused-ring (bicyclic) bond motifs is 6. The lowest BCUT2D eigenvalue weighted by Crippen LogP contribution is -1.93. The highest BCUT2D eigenvalue weighted by Crippen LogP contribution is 2.49. The fourth-order valence-corrected chi connectivity index (χ4v) is 3.20. The van der Waals surface area contributed by atoms with E-state index in [2.05, 4.69) is 36.4 Å². The van der Waals surface area contributed by atoms with E-state index in [4.69, 9.17) is 5.26 Å². The maximum Gasteiger partial charge on any atom is 0.0991 e. The van der Waals surface area contributed by atoms with Crippen LogP contribution >= 0.6 is 0 Å². The van der Waals surface area contributed by atoms with Crippen LogP contribution in [0.2, 0.25) is 0 Å². The first kappa shape index (κ1) is 9.01. The number of nitriles is 1. The monoisotopic (exact) mass is 217 g/mol. The second kappa shape index (κ2) is 2.99. The molecule has 80 valence electrons. The minimum atomic E-state index is 0.616. The van der Waals surface area contributed by atoms with Crippen molar-refractivity contribution in [2.75, 3.05) is 0 Å². The van der Waals surface area contributed by atoms with E-state index in [1.165, 1.54) is 28.3 Å². The molecule has 4 rings (SSSR count). The predicted octanol–water partition coefficient (Wildman–Crippen LogP) is 3.85. The second-order valence-electron chi connectivity index (χ2n) is 4.99. The maximum absolute atomic E-state index is 8.93. The average Bonchev–Trinajstić information content (AvgIpc) is 2.97. The Morgan fingerprint density at radius 1 is 0.941 bits per heavy atom. The summed E-state index contributed by atoms with van der Waals surface area (Å²) in [5, 5.41) is 11.4. The van der Waals surface area contributed by atoms with Crippen LogP contribution < -0.4 is 0 Å². The molecule has 2 bridgehead atoms. The van der Waals surface area contributed by atoms with Gasteiger partial charge in [0.25, 0.3) is 0 Å². The maximum atomic E-state index is 8.93. The van der Waals surface area contributed by atoms with E-state index in [0.29, 0.717) is 11.8 Å². The van der Waals surface area contributed by atoms with E-state index in [-0.39, 0.29) is 0 Å². The number of nitrogens with zero attached hydrogens (tertiary/aromatic N) is 1. The molecule has 1 heteroatoms. The van der Waals surface area contributed by atoms with Crippen molar-refractivity contribution in [3.8, 4) is 6.07 Å². The zero-order chi connectivity index (χ0) is 11.4. The van der Waals surface area contributed by atoms with Gasteiger partial charge in [0.1, 0.15) is 0 Å². The lowest BCUT2D eigenvalue weighted by molar-refractivity contribution is 0.805. The minimum absolute atomic E-state index is 0.616. The van der Waals surface area contributed by atoms with Crippen molar-refractivity contribution in [2.24, 2.45) is 0 Å². The molecule has 2 aromatic carbocycles. The van der Waals surface area contributed by atoms with Gasteiger partial charge in [0.05, 0.1) is 11.6 Å². The summed E-state index contributed by atoms with van der Waals surface area (Å²) >= 11 is 0. The van der Waals surface area contributed by atoms with E-state index >= 15 is 0 Å². The smallest absolute Gasteiger partial charge is 0.0991 e. The van der Waals surface area contributed by atoms with Crippen LogP contribution in [-0.4, -0.2) is 0 Å². The number of hydrogen-bond donors (Lipinski definition) is 0. The van der Waals surface area contributed by atoms with E-state index < -0.39 is 0 Å². The van der Waals surface area contributed by atoms with Crippen molar-refractivity contribution in [3.63, 3.8) is 0 Å². The van der Waals surface area contributed by atoms with E-state index in [9.17, 15) is 0 Å². The Labute approximate surface area is 100.0 Å². The Balaban J connectivity index is 2.02. The number of benzene rings is 2. The highest BCUT2D eigenvalue weighted by Gasteiger charge is 2.32. The molecule has 0 fully saturated rings. The third kappa shape index (κ3) is 1.13. The standard InChI is InChI=1S/C16H11N/c17-9-10-1-2-11-7-15-12-3-4-13(6-12)16(15)8-14(11)5-10/h1-5,7-8,12-13H,6H2. The molecule has 1 nitrogen and oxygen atoms in total. The molecule has 0 amide bonds. The largest absolute Gasteiger partial charge is 0.192 e. The summed E-state index contributed by atoms with van der Waals surface area (Å²) in [6, 6.07) is 12.7. The van der Waals surface area contributed by atoms with E-state index in [0.717, 1.165) is 5.56 Å². The first-order chi connectivity index (χ1) is 8.35. The average molecular weight is 217 g/mol. The van der Waals surface area contributed by atoms with Crippen molar-refractivity contribution < 1.29 is 0 Å². The molecule has 0 spiro atoms. The highest BCUT2D eigenvalue weighted by molar-refractivity contribution is 5.86. The van der Waals surface area contributed by atoms with Gasteiger partial charge >= 0.3 is 0 Å². The quantitative estimate of drug-likeness (QED) is 0.615. The van der Waals surface area contributed by atoms with Gasteiger partial charge in [-0.3, -0.25) is 0 Å². The zero-order valence-corrected chi connectivity index (χ0v) is 9.35. The molecular weight excluding hydrogens is 206 g/mol. The van der Waals surface area contributed by atoms with Gasteiger partial charge in [-0.2, -0.15) is 5.26 Å². The Kier molecular flexibility index (Phi) is 1.58. The zero-order valence-electron chi connectivity index (χ0n) is 9.35. The third-order valence-corrected chi connectivity index (χ3v) is 4.05. The van der Waals surface area contributed by atoms with E-state index in [1.807, 2.05) is 12.1 Å². The Bertz CT molecular complexity index is 703. The Morgan fingerprint density at radius 2 is 1.65 bits per heavy atom. The SMILES string of the molecule is N#Cc1ccc2cc3c(cc2c1)C1C=CC3C1. The molecule has 2 unspecified atom stereocenters. The van der Waals surface area contributed by atoms with Crippen LogP contribution in [0.5, 0.6) is 0 Å². The lowest BCUT2D eigenvalue weighted by Gasteiger charge is -2.12. The van der Waals surface area contributed by atoms with Gasteiger partial charge in [-0.15, -0.1) is 0 Å². The lowest BCUT2D eigenvalue weighted by atomic mass is 9.93. The molecule has 0 saturated heterocycles. The van der Waals surface area contributed by atoms with Gasteiger partial charge in [-0.05, 0) is 40.5 Å². The summed E-state index contributed by atoms with van der Waals surface area (Å²) in [5.74, 6) is 1.25. The molecule has 2 aromatic rings. The minimum Gasteiger partial charge on any atom is -0.192 e. The first-order valence-corrected chi connectivity index (χ1v) is 6.01. The summed E-state index contributed by atoms with van der Waals surface area (Å²) in [6.45, 7) is 0. The van der Waals surface area contributed by atoms with Gasteiger partial charge in [-0.25, -0.2) is 0 Å². The van der Waals surface area contributed by atoms with Crippen molar-refractivity contribution in [1.29, 1.82) is 5.26 Å². The third-order valence-electron chi connectivity index (χ3n) is 4.05. The summed E-state index contributed by atoms with van der Waals surface area (Å²) in [5.41, 5.74) is 3.71. The number of allylic oxidation sites excluding steroid dienone is 2. The van der Waals surface area contributed by atoms with Crippen LogP contribution in [0.1, 0.15) is 34.9 Å². The molecule has 0 heterocycles. The van der Waals surface area contributed by atoms with Crippen LogP contribution in [0.3, 0.4) is 0 Å². The molecule has 0 radical (unpaired) electrons. The van der Waals surface area contributed by atoms with Crippen LogP contribution in [0, 0.1) is 11.3 Å². The van der Waals surface area contributed by atoms with Crippen LogP contribution in [0.25, 0.3) is 10.8 Å². The summed E-state index contributed by atoms with van der Waals surface area (Å²) in [6.07, 6.45) is 5.91. The molecular formula is C16H11N. The second-order valence-corrected chi connectivity index (χ2v) is 4.99. The van der Waals surface area contributed by atoms with Crippen molar-refractivity contribution in [1.82, 2.24) is 0 Å². The molecule has 0 N–H and O–H groups in total. The Morgan fingerprint density at radius 3 is 2.35 bits per heavy atom. The molecule has 2 atom stereocenters. The fraction of sp³-hybridized carbons (Fsp3) is 0.188. The van der Waals surface area contributed by atoms with Crippen molar-refractivity contribution in [3.05, 3.63) is 59.2 Å². The van der Waals surface area contributed by atoms with Gasteiger partial charge in [0.2, 0.25) is 0 Å². The fourth-order valence-electron chi connectivity index (χ4n) is 3.20.